The summed E-state index contributed by atoms with van der Waals surface area (Å²) in [5, 5.41) is 0. The Labute approximate surface area is 137 Å². The molecule has 1 rings (SSSR count). The normalized spacial score (nSPS) is 20.4. The number of carbonyl (C=O) groups is 1. The molecule has 130 valence electrons. The Hall–Kier alpha value is -0.730. The van der Waals surface area contributed by atoms with Gasteiger partial charge in [0.1, 0.15) is 0 Å². The molecule has 0 aliphatic carbocycles. The minimum absolute atomic E-state index is 0.0731. The smallest absolute Gasteiger partial charge is 0.410 e. The molecule has 22 heavy (non-hydrogen) atoms. The van der Waals surface area contributed by atoms with Crippen molar-refractivity contribution in [1.29, 1.82) is 0 Å². The van der Waals surface area contributed by atoms with Crippen LogP contribution in [0.15, 0.2) is 0 Å². The second-order valence-electron chi connectivity index (χ2n) is 7.22. The van der Waals surface area contributed by atoms with Crippen molar-refractivity contribution in [1.82, 2.24) is 4.90 Å². The van der Waals surface area contributed by atoms with Crippen molar-refractivity contribution in [3.8, 4) is 0 Å². The summed E-state index contributed by atoms with van der Waals surface area (Å²) in [6.07, 6.45) is 13.6. The third-order valence-corrected chi connectivity index (χ3v) is 4.54. The van der Waals surface area contributed by atoms with Crippen molar-refractivity contribution in [2.45, 2.75) is 97.4 Å². The SMILES string of the molecule is CCCCCCC1CCCCCCCN1C(=O)OCC(C)C. The molecule has 1 aliphatic rings. The maximum atomic E-state index is 12.5. The van der Waals surface area contributed by atoms with E-state index in [1.807, 2.05) is 0 Å². The van der Waals surface area contributed by atoms with Crippen LogP contribution in [0.1, 0.15) is 91.4 Å². The summed E-state index contributed by atoms with van der Waals surface area (Å²) in [4.78, 5) is 14.5. The van der Waals surface area contributed by atoms with Crippen LogP contribution in [-0.2, 0) is 4.74 Å². The lowest BCUT2D eigenvalue weighted by Crippen LogP contribution is -2.41. The quantitative estimate of drug-likeness (QED) is 0.558. The monoisotopic (exact) mass is 311 g/mol. The van der Waals surface area contributed by atoms with Crippen molar-refractivity contribution < 1.29 is 9.53 Å². The minimum Gasteiger partial charge on any atom is -0.449 e. The lowest BCUT2D eigenvalue weighted by molar-refractivity contribution is 0.0725. The van der Waals surface area contributed by atoms with Crippen molar-refractivity contribution in [3.05, 3.63) is 0 Å². The molecule has 0 aromatic carbocycles. The van der Waals surface area contributed by atoms with Crippen LogP contribution in [0.25, 0.3) is 0 Å². The van der Waals surface area contributed by atoms with Gasteiger partial charge in [0.15, 0.2) is 0 Å². The van der Waals surface area contributed by atoms with Gasteiger partial charge in [-0.1, -0.05) is 72.1 Å². The van der Waals surface area contributed by atoms with Crippen molar-refractivity contribution >= 4 is 6.09 Å². The first-order chi connectivity index (χ1) is 10.6. The van der Waals surface area contributed by atoms with Gasteiger partial charge in [-0.2, -0.15) is 0 Å². The van der Waals surface area contributed by atoms with Crippen LogP contribution in [0.5, 0.6) is 0 Å². The summed E-state index contributed by atoms with van der Waals surface area (Å²) in [5.41, 5.74) is 0. The molecular formula is C19H37NO2. The van der Waals surface area contributed by atoms with Crippen LogP contribution < -0.4 is 0 Å². The number of nitrogens with zero attached hydrogens (tertiary/aromatic N) is 1. The highest BCUT2D eigenvalue weighted by Crippen LogP contribution is 2.22. The Bertz CT molecular complexity index is 291. The molecule has 0 spiro atoms. The average molecular weight is 312 g/mol. The summed E-state index contributed by atoms with van der Waals surface area (Å²) in [7, 11) is 0. The number of rotatable bonds is 7. The van der Waals surface area contributed by atoms with Gasteiger partial charge in [0.2, 0.25) is 0 Å². The van der Waals surface area contributed by atoms with E-state index in [2.05, 4.69) is 25.7 Å². The first-order valence-corrected chi connectivity index (χ1v) is 9.58. The average Bonchev–Trinajstić information content (AvgIpc) is 2.61. The highest BCUT2D eigenvalue weighted by Gasteiger charge is 2.25. The molecule has 1 saturated heterocycles. The molecule has 0 saturated carbocycles. The standard InChI is InChI=1S/C19H37NO2/c1-4-5-6-10-13-18-14-11-8-7-9-12-15-20(18)19(21)22-16-17(2)3/h17-18H,4-16H2,1-3H3. The number of hydrogen-bond donors (Lipinski definition) is 0. The second-order valence-corrected chi connectivity index (χ2v) is 7.22. The fourth-order valence-electron chi connectivity index (χ4n) is 3.20. The van der Waals surface area contributed by atoms with Crippen LogP contribution in [0.2, 0.25) is 0 Å². The molecule has 1 fully saturated rings. The topological polar surface area (TPSA) is 29.5 Å². The molecule has 1 heterocycles. The van der Waals surface area contributed by atoms with Crippen molar-refractivity contribution in [3.63, 3.8) is 0 Å². The summed E-state index contributed by atoms with van der Waals surface area (Å²) in [6, 6.07) is 0.398. The van der Waals surface area contributed by atoms with E-state index in [-0.39, 0.29) is 6.09 Å². The molecule has 0 aromatic rings. The largest absolute Gasteiger partial charge is 0.449 e. The van der Waals surface area contributed by atoms with Gasteiger partial charge in [0.25, 0.3) is 0 Å². The van der Waals surface area contributed by atoms with E-state index >= 15 is 0 Å². The second kappa shape index (κ2) is 11.8. The van der Waals surface area contributed by atoms with Gasteiger partial charge in [-0.25, -0.2) is 4.79 Å². The zero-order chi connectivity index (χ0) is 16.2. The highest BCUT2D eigenvalue weighted by atomic mass is 16.6. The van der Waals surface area contributed by atoms with Gasteiger partial charge in [0, 0.05) is 12.6 Å². The molecule has 1 atom stereocenters. The minimum atomic E-state index is -0.0731. The third-order valence-electron chi connectivity index (χ3n) is 4.54. The van der Waals surface area contributed by atoms with Crippen LogP contribution in [-0.4, -0.2) is 30.2 Å². The molecule has 0 radical (unpaired) electrons. The van der Waals surface area contributed by atoms with Crippen LogP contribution in [0, 0.1) is 5.92 Å². The fourth-order valence-corrected chi connectivity index (χ4v) is 3.20. The van der Waals surface area contributed by atoms with Gasteiger partial charge in [-0.3, -0.25) is 0 Å². The molecule has 0 aromatic heterocycles. The first-order valence-electron chi connectivity index (χ1n) is 9.58. The molecular weight excluding hydrogens is 274 g/mol. The molecule has 1 aliphatic heterocycles. The number of carbonyl (C=O) groups excluding carboxylic acids is 1. The van der Waals surface area contributed by atoms with Crippen molar-refractivity contribution in [2.75, 3.05) is 13.2 Å². The lowest BCUT2D eigenvalue weighted by atomic mass is 10.0. The molecule has 0 N–H and O–H groups in total. The lowest BCUT2D eigenvalue weighted by Gasteiger charge is -2.31. The number of amides is 1. The number of hydrogen-bond acceptors (Lipinski definition) is 2. The Balaban J connectivity index is 2.57. The Kier molecular flexibility index (Phi) is 10.3. The molecule has 3 heteroatoms. The third kappa shape index (κ3) is 8.05. The van der Waals surface area contributed by atoms with Crippen LogP contribution in [0.4, 0.5) is 4.79 Å². The predicted molar refractivity (Wildman–Crippen MR) is 93.1 cm³/mol. The fraction of sp³-hybridized carbons (Fsp3) is 0.947. The van der Waals surface area contributed by atoms with E-state index in [0.717, 1.165) is 25.8 Å². The van der Waals surface area contributed by atoms with Gasteiger partial charge >= 0.3 is 6.09 Å². The van der Waals surface area contributed by atoms with E-state index in [9.17, 15) is 4.79 Å². The van der Waals surface area contributed by atoms with E-state index in [4.69, 9.17) is 4.74 Å². The Morgan fingerprint density at radius 1 is 1.09 bits per heavy atom. The van der Waals surface area contributed by atoms with Gasteiger partial charge in [-0.05, 0) is 25.2 Å². The van der Waals surface area contributed by atoms with Gasteiger partial charge in [-0.15, -0.1) is 0 Å². The predicted octanol–water partition coefficient (Wildman–Crippen LogP) is 5.77. The molecule has 1 amide bonds. The van der Waals surface area contributed by atoms with Gasteiger partial charge < -0.3 is 9.64 Å². The van der Waals surface area contributed by atoms with E-state index in [1.54, 1.807) is 0 Å². The summed E-state index contributed by atoms with van der Waals surface area (Å²) >= 11 is 0. The Morgan fingerprint density at radius 2 is 1.82 bits per heavy atom. The summed E-state index contributed by atoms with van der Waals surface area (Å²) in [5.74, 6) is 0.407. The van der Waals surface area contributed by atoms with E-state index in [1.165, 1.54) is 51.4 Å². The zero-order valence-electron chi connectivity index (χ0n) is 15.1. The first kappa shape index (κ1) is 19.3. The summed E-state index contributed by atoms with van der Waals surface area (Å²) < 4.78 is 5.52. The van der Waals surface area contributed by atoms with Crippen molar-refractivity contribution in [2.24, 2.45) is 5.92 Å². The maximum absolute atomic E-state index is 12.5. The summed E-state index contributed by atoms with van der Waals surface area (Å²) in [6.45, 7) is 7.85. The van der Waals surface area contributed by atoms with E-state index in [0.29, 0.717) is 18.6 Å². The Morgan fingerprint density at radius 3 is 2.55 bits per heavy atom. The number of unbranched alkanes of at least 4 members (excludes halogenated alkanes) is 3. The molecule has 1 unspecified atom stereocenters. The molecule has 0 bridgehead atoms. The van der Waals surface area contributed by atoms with E-state index < -0.39 is 0 Å². The highest BCUT2D eigenvalue weighted by molar-refractivity contribution is 5.68. The molecule has 3 nitrogen and oxygen atoms in total. The maximum Gasteiger partial charge on any atom is 0.410 e. The van der Waals surface area contributed by atoms with Crippen LogP contribution in [0.3, 0.4) is 0 Å². The van der Waals surface area contributed by atoms with Gasteiger partial charge in [0.05, 0.1) is 6.61 Å². The van der Waals surface area contributed by atoms with Crippen LogP contribution >= 0.6 is 0 Å². The zero-order valence-corrected chi connectivity index (χ0v) is 15.1. The number of ether oxygens (including phenoxy) is 1.